The number of benzene rings is 4. The predicted molar refractivity (Wildman–Crippen MR) is 118 cm³/mol. The van der Waals surface area contributed by atoms with Crippen molar-refractivity contribution in [3.63, 3.8) is 0 Å². The molecule has 1 heterocycles. The number of hydrogen-bond acceptors (Lipinski definition) is 6. The average molecular weight is 415 g/mol. The van der Waals surface area contributed by atoms with Crippen LogP contribution in [-0.2, 0) is 6.42 Å². The Morgan fingerprint density at radius 1 is 0.774 bits per heavy atom. The van der Waals surface area contributed by atoms with E-state index in [1.54, 1.807) is 6.07 Å². The number of anilines is 1. The van der Waals surface area contributed by atoms with Crippen molar-refractivity contribution in [1.82, 2.24) is 0 Å². The zero-order chi connectivity index (χ0) is 21.5. The topological polar surface area (TPSA) is 102 Å². The average Bonchev–Trinajstić information content (AvgIpc) is 2.76. The summed E-state index contributed by atoms with van der Waals surface area (Å²) in [5.41, 5.74) is 2.16. The first kappa shape index (κ1) is 18.9. The number of phenolic OH excluding ortho intramolecular Hbond substituents is 4. The first-order valence-corrected chi connectivity index (χ1v) is 9.97. The van der Waals surface area contributed by atoms with Crippen molar-refractivity contribution < 1.29 is 25.2 Å². The lowest BCUT2D eigenvalue weighted by Crippen LogP contribution is -2.36. The van der Waals surface area contributed by atoms with Gasteiger partial charge < -0.3 is 30.5 Å². The van der Waals surface area contributed by atoms with Gasteiger partial charge in [-0.3, -0.25) is 0 Å². The Morgan fingerprint density at radius 2 is 1.58 bits per heavy atom. The van der Waals surface area contributed by atoms with E-state index in [1.807, 2.05) is 42.5 Å². The van der Waals surface area contributed by atoms with Crippen molar-refractivity contribution in [1.29, 1.82) is 0 Å². The van der Waals surface area contributed by atoms with Crippen LogP contribution in [0.3, 0.4) is 0 Å². The zero-order valence-electron chi connectivity index (χ0n) is 16.5. The Labute approximate surface area is 178 Å². The number of ether oxygens (including phenoxy) is 1. The smallest absolute Gasteiger partial charge is 0.157 e. The Hall–Kier alpha value is -4.06. The zero-order valence-corrected chi connectivity index (χ0v) is 16.5. The molecule has 2 unspecified atom stereocenters. The van der Waals surface area contributed by atoms with Gasteiger partial charge in [0.1, 0.15) is 23.4 Å². The van der Waals surface area contributed by atoms with E-state index in [4.69, 9.17) is 4.74 Å². The van der Waals surface area contributed by atoms with Gasteiger partial charge in [-0.15, -0.1) is 0 Å². The molecule has 2 atom stereocenters. The van der Waals surface area contributed by atoms with Crippen LogP contribution in [0.25, 0.3) is 10.8 Å². The first-order valence-electron chi connectivity index (χ1n) is 9.97. The van der Waals surface area contributed by atoms with Gasteiger partial charge in [-0.1, -0.05) is 42.5 Å². The summed E-state index contributed by atoms with van der Waals surface area (Å²) in [6.07, 6.45) is -0.115. The molecule has 0 saturated heterocycles. The Kier molecular flexibility index (Phi) is 4.47. The van der Waals surface area contributed by atoms with Gasteiger partial charge in [0.05, 0.1) is 6.04 Å². The molecule has 6 nitrogen and oxygen atoms in total. The molecule has 5 N–H and O–H groups in total. The van der Waals surface area contributed by atoms with Gasteiger partial charge >= 0.3 is 0 Å². The number of nitrogens with one attached hydrogen (secondary N) is 1. The van der Waals surface area contributed by atoms with Crippen molar-refractivity contribution >= 4 is 16.5 Å². The fourth-order valence-corrected chi connectivity index (χ4v) is 4.17. The van der Waals surface area contributed by atoms with Crippen LogP contribution in [0.2, 0.25) is 0 Å². The third-order valence-electron chi connectivity index (χ3n) is 5.67. The van der Waals surface area contributed by atoms with Crippen molar-refractivity contribution in [2.24, 2.45) is 0 Å². The number of phenols is 4. The van der Waals surface area contributed by atoms with Crippen LogP contribution in [0.15, 0.2) is 72.8 Å². The van der Waals surface area contributed by atoms with Gasteiger partial charge in [0.2, 0.25) is 0 Å². The fraction of sp³-hybridized carbons (Fsp3) is 0.120. The maximum atomic E-state index is 10.4. The highest BCUT2D eigenvalue weighted by Crippen LogP contribution is 2.44. The third-order valence-corrected chi connectivity index (χ3v) is 5.67. The van der Waals surface area contributed by atoms with E-state index in [1.165, 1.54) is 24.3 Å². The lowest BCUT2D eigenvalue weighted by Gasteiger charge is -2.35. The fourth-order valence-electron chi connectivity index (χ4n) is 4.17. The third kappa shape index (κ3) is 3.42. The van der Waals surface area contributed by atoms with E-state index in [2.05, 4.69) is 5.32 Å². The minimum Gasteiger partial charge on any atom is -0.508 e. The van der Waals surface area contributed by atoms with Crippen LogP contribution in [0.4, 0.5) is 5.69 Å². The Morgan fingerprint density at radius 3 is 2.42 bits per heavy atom. The summed E-state index contributed by atoms with van der Waals surface area (Å²) in [5.74, 6) is -0.204. The molecule has 0 aliphatic carbocycles. The van der Waals surface area contributed by atoms with E-state index in [0.717, 1.165) is 16.5 Å². The Bertz CT molecular complexity index is 1280. The highest BCUT2D eigenvalue weighted by atomic mass is 16.5. The highest BCUT2D eigenvalue weighted by Gasteiger charge is 2.34. The number of fused-ring (bicyclic) bond motifs is 2. The van der Waals surface area contributed by atoms with E-state index in [0.29, 0.717) is 23.3 Å². The van der Waals surface area contributed by atoms with Crippen molar-refractivity contribution in [2.75, 3.05) is 5.32 Å². The molecule has 0 amide bonds. The van der Waals surface area contributed by atoms with Crippen LogP contribution < -0.4 is 10.1 Å². The molecular formula is C25H21NO5. The second kappa shape index (κ2) is 7.32. The van der Waals surface area contributed by atoms with Crippen molar-refractivity contribution in [3.8, 4) is 28.7 Å². The van der Waals surface area contributed by atoms with Crippen LogP contribution in [-0.4, -0.2) is 26.5 Å². The summed E-state index contributed by atoms with van der Waals surface area (Å²) in [5, 5.41) is 45.7. The number of hydrogen-bond donors (Lipinski definition) is 5. The lowest BCUT2D eigenvalue weighted by atomic mass is 9.91. The molecule has 1 aliphatic heterocycles. The minimum absolute atomic E-state index is 0.0354. The van der Waals surface area contributed by atoms with Gasteiger partial charge in [0.15, 0.2) is 11.5 Å². The summed E-state index contributed by atoms with van der Waals surface area (Å²) in [6, 6.07) is 21.1. The SMILES string of the molecule is Oc1cc(O)c2c(c1)OC(c1ccc(O)c(O)c1)C(Nc1cccc3ccccc13)C2. The lowest BCUT2D eigenvalue weighted by molar-refractivity contribution is 0.159. The quantitative estimate of drug-likeness (QED) is 0.308. The standard InChI is InChI=1S/C25H21NO5/c27-16-11-22(29)18-13-20(26-19-7-3-5-14-4-1-2-6-17(14)19)25(31-24(18)12-16)15-8-9-21(28)23(30)10-15/h1-12,20,25-30H,13H2. The molecule has 31 heavy (non-hydrogen) atoms. The van der Waals surface area contributed by atoms with Gasteiger partial charge in [-0.2, -0.15) is 0 Å². The molecule has 0 fully saturated rings. The summed E-state index contributed by atoms with van der Waals surface area (Å²) >= 11 is 0. The van der Waals surface area contributed by atoms with Crippen LogP contribution in [0.5, 0.6) is 28.7 Å². The summed E-state index contributed by atoms with van der Waals surface area (Å²) < 4.78 is 6.20. The predicted octanol–water partition coefficient (Wildman–Crippen LogP) is 4.82. The molecule has 0 spiro atoms. The molecule has 0 radical (unpaired) electrons. The van der Waals surface area contributed by atoms with Crippen molar-refractivity contribution in [2.45, 2.75) is 18.6 Å². The highest BCUT2D eigenvalue weighted by molar-refractivity contribution is 5.94. The van der Waals surface area contributed by atoms with E-state index in [-0.39, 0.29) is 29.0 Å². The van der Waals surface area contributed by atoms with Crippen molar-refractivity contribution in [3.05, 3.63) is 83.9 Å². The number of aromatic hydroxyl groups is 4. The molecule has 4 aromatic carbocycles. The molecule has 6 heteroatoms. The summed E-state index contributed by atoms with van der Waals surface area (Å²) in [7, 11) is 0. The number of rotatable bonds is 3. The molecule has 1 aliphatic rings. The maximum absolute atomic E-state index is 10.4. The molecule has 156 valence electrons. The van der Waals surface area contributed by atoms with Crippen LogP contribution in [0, 0.1) is 0 Å². The van der Waals surface area contributed by atoms with Crippen LogP contribution >= 0.6 is 0 Å². The van der Waals surface area contributed by atoms with E-state index in [9.17, 15) is 20.4 Å². The van der Waals surface area contributed by atoms with E-state index < -0.39 is 6.10 Å². The van der Waals surface area contributed by atoms with Gasteiger partial charge in [-0.25, -0.2) is 0 Å². The summed E-state index contributed by atoms with van der Waals surface area (Å²) in [4.78, 5) is 0. The molecule has 0 aromatic heterocycles. The molecule has 0 bridgehead atoms. The Balaban J connectivity index is 1.60. The normalized spacial score (nSPS) is 17.7. The maximum Gasteiger partial charge on any atom is 0.157 e. The van der Waals surface area contributed by atoms with Crippen LogP contribution in [0.1, 0.15) is 17.2 Å². The van der Waals surface area contributed by atoms with Gasteiger partial charge in [-0.05, 0) is 29.1 Å². The molecule has 5 rings (SSSR count). The first-order chi connectivity index (χ1) is 15.0. The molecular weight excluding hydrogens is 394 g/mol. The van der Waals surface area contributed by atoms with E-state index >= 15 is 0 Å². The monoisotopic (exact) mass is 415 g/mol. The van der Waals surface area contributed by atoms with Gasteiger partial charge in [0, 0.05) is 35.2 Å². The molecule has 0 saturated carbocycles. The largest absolute Gasteiger partial charge is 0.508 e. The summed E-state index contributed by atoms with van der Waals surface area (Å²) in [6.45, 7) is 0. The second-order valence-corrected chi connectivity index (χ2v) is 7.71. The minimum atomic E-state index is -0.542. The molecule has 4 aromatic rings. The second-order valence-electron chi connectivity index (χ2n) is 7.71. The van der Waals surface area contributed by atoms with Gasteiger partial charge in [0.25, 0.3) is 0 Å².